The van der Waals surface area contributed by atoms with Crippen molar-refractivity contribution in [3.63, 3.8) is 0 Å². The van der Waals surface area contributed by atoms with Crippen LogP contribution in [0.5, 0.6) is 0 Å². The summed E-state index contributed by atoms with van der Waals surface area (Å²) in [5, 5.41) is 3.75. The molecule has 0 aromatic heterocycles. The predicted octanol–water partition coefficient (Wildman–Crippen LogP) is 3.90. The van der Waals surface area contributed by atoms with E-state index in [9.17, 15) is 9.59 Å². The van der Waals surface area contributed by atoms with Crippen molar-refractivity contribution in [2.45, 2.75) is 39.5 Å². The van der Waals surface area contributed by atoms with Gasteiger partial charge < -0.3 is 5.32 Å². The minimum Gasteiger partial charge on any atom is -0.316 e. The fourth-order valence-electron chi connectivity index (χ4n) is 3.21. The second-order valence-corrected chi connectivity index (χ2v) is 6.30. The number of ketones is 2. The van der Waals surface area contributed by atoms with Crippen LogP contribution in [0, 0.1) is 5.41 Å². The molecule has 3 nitrogen and oxygen atoms in total. The van der Waals surface area contributed by atoms with Crippen LogP contribution < -0.4 is 5.32 Å². The van der Waals surface area contributed by atoms with Crippen LogP contribution in [-0.2, 0) is 0 Å². The molecule has 4 heteroatoms. The molecule has 1 fully saturated rings. The lowest BCUT2D eigenvalue weighted by Crippen LogP contribution is -2.45. The first-order chi connectivity index (χ1) is 10.00. The van der Waals surface area contributed by atoms with E-state index in [0.29, 0.717) is 16.1 Å². The fourth-order valence-corrected chi connectivity index (χ4v) is 3.46. The van der Waals surface area contributed by atoms with Gasteiger partial charge in [-0.1, -0.05) is 24.9 Å². The Morgan fingerprint density at radius 2 is 2.14 bits per heavy atom. The third-order valence-corrected chi connectivity index (χ3v) is 4.62. The molecule has 0 aliphatic carbocycles. The average molecular weight is 308 g/mol. The fraction of sp³-hybridized carbons (Fsp3) is 0.529. The zero-order valence-electron chi connectivity index (χ0n) is 12.7. The first-order valence-corrected chi connectivity index (χ1v) is 7.94. The highest BCUT2D eigenvalue weighted by molar-refractivity contribution is 6.34. The summed E-state index contributed by atoms with van der Waals surface area (Å²) in [7, 11) is 0. The van der Waals surface area contributed by atoms with Gasteiger partial charge in [-0.25, -0.2) is 0 Å². The molecule has 1 heterocycles. The summed E-state index contributed by atoms with van der Waals surface area (Å²) >= 11 is 6.03. The van der Waals surface area contributed by atoms with Crippen molar-refractivity contribution in [2.24, 2.45) is 5.41 Å². The van der Waals surface area contributed by atoms with E-state index in [1.54, 1.807) is 18.2 Å². The van der Waals surface area contributed by atoms with Crippen LogP contribution in [0.1, 0.15) is 60.2 Å². The number of piperidine rings is 1. The highest BCUT2D eigenvalue weighted by Crippen LogP contribution is 2.36. The Morgan fingerprint density at radius 1 is 1.38 bits per heavy atom. The first-order valence-electron chi connectivity index (χ1n) is 7.56. The smallest absolute Gasteiger partial charge is 0.170 e. The SMILES string of the molecule is CCCC1(C(=O)c2ccc(Cl)c(C(C)=O)c2)CCCNC1. The van der Waals surface area contributed by atoms with Gasteiger partial charge in [0.2, 0.25) is 0 Å². The molecular formula is C17H22ClNO2. The predicted molar refractivity (Wildman–Crippen MR) is 85.2 cm³/mol. The lowest BCUT2D eigenvalue weighted by Gasteiger charge is -2.36. The Hall–Kier alpha value is -1.19. The summed E-state index contributed by atoms with van der Waals surface area (Å²) in [4.78, 5) is 24.6. The molecular weight excluding hydrogens is 286 g/mol. The van der Waals surface area contributed by atoms with E-state index >= 15 is 0 Å². The molecule has 114 valence electrons. The lowest BCUT2D eigenvalue weighted by atomic mass is 9.71. The summed E-state index contributed by atoms with van der Waals surface area (Å²) in [6, 6.07) is 5.05. The Morgan fingerprint density at radius 3 is 2.71 bits per heavy atom. The number of halogens is 1. The topological polar surface area (TPSA) is 46.2 Å². The van der Waals surface area contributed by atoms with Crippen LogP contribution in [0.25, 0.3) is 0 Å². The number of hydrogen-bond donors (Lipinski definition) is 1. The molecule has 0 bridgehead atoms. The van der Waals surface area contributed by atoms with Crippen LogP contribution in [0.2, 0.25) is 5.02 Å². The van der Waals surface area contributed by atoms with Gasteiger partial charge in [0.1, 0.15) is 0 Å². The van der Waals surface area contributed by atoms with Crippen LogP contribution in [0.15, 0.2) is 18.2 Å². The summed E-state index contributed by atoms with van der Waals surface area (Å²) in [5.41, 5.74) is 0.689. The monoisotopic (exact) mass is 307 g/mol. The van der Waals surface area contributed by atoms with E-state index in [1.807, 2.05) is 0 Å². The average Bonchev–Trinajstić information content (AvgIpc) is 2.48. The molecule has 1 saturated heterocycles. The van der Waals surface area contributed by atoms with Gasteiger partial charge in [-0.2, -0.15) is 0 Å². The van der Waals surface area contributed by atoms with Crippen molar-refractivity contribution in [1.82, 2.24) is 5.32 Å². The molecule has 1 aromatic carbocycles. The zero-order chi connectivity index (χ0) is 15.5. The largest absolute Gasteiger partial charge is 0.316 e. The van der Waals surface area contributed by atoms with Gasteiger partial charge in [0.25, 0.3) is 0 Å². The van der Waals surface area contributed by atoms with Crippen LogP contribution in [0.3, 0.4) is 0 Å². The molecule has 0 radical (unpaired) electrons. The third kappa shape index (κ3) is 3.35. The van der Waals surface area contributed by atoms with E-state index in [-0.39, 0.29) is 17.0 Å². The molecule has 1 atom stereocenters. The van der Waals surface area contributed by atoms with Gasteiger partial charge in [0.05, 0.1) is 5.02 Å². The standard InChI is InChI=1S/C17H22ClNO2/c1-3-7-17(8-4-9-19-11-17)16(21)13-5-6-15(18)14(10-13)12(2)20/h5-6,10,19H,3-4,7-9,11H2,1-2H3. The van der Waals surface area contributed by atoms with Gasteiger partial charge in [-0.3, -0.25) is 9.59 Å². The Bertz CT molecular complexity index is 542. The van der Waals surface area contributed by atoms with Gasteiger partial charge in [0.15, 0.2) is 11.6 Å². The number of hydrogen-bond acceptors (Lipinski definition) is 3. The first kappa shape index (κ1) is 16.2. The quantitative estimate of drug-likeness (QED) is 0.839. The summed E-state index contributed by atoms with van der Waals surface area (Å²) in [5.74, 6) is 0.0247. The van der Waals surface area contributed by atoms with E-state index in [2.05, 4.69) is 12.2 Å². The second-order valence-electron chi connectivity index (χ2n) is 5.89. The molecule has 2 rings (SSSR count). The number of carbonyl (C=O) groups excluding carboxylic acids is 2. The molecule has 21 heavy (non-hydrogen) atoms. The minimum atomic E-state index is -0.338. The van der Waals surface area contributed by atoms with E-state index in [1.165, 1.54) is 6.92 Å². The van der Waals surface area contributed by atoms with Crippen molar-refractivity contribution in [3.05, 3.63) is 34.3 Å². The molecule has 0 saturated carbocycles. The lowest BCUT2D eigenvalue weighted by molar-refractivity contribution is 0.0718. The summed E-state index contributed by atoms with van der Waals surface area (Å²) in [6.07, 6.45) is 3.76. The molecule has 1 aliphatic heterocycles. The zero-order valence-corrected chi connectivity index (χ0v) is 13.4. The maximum absolute atomic E-state index is 13.0. The van der Waals surface area contributed by atoms with Crippen molar-refractivity contribution in [2.75, 3.05) is 13.1 Å². The Balaban J connectivity index is 2.37. The maximum Gasteiger partial charge on any atom is 0.170 e. The third-order valence-electron chi connectivity index (χ3n) is 4.29. The van der Waals surface area contributed by atoms with Gasteiger partial charge in [0, 0.05) is 23.1 Å². The molecule has 1 aliphatic rings. The minimum absolute atomic E-state index is 0.110. The van der Waals surface area contributed by atoms with Crippen LogP contribution >= 0.6 is 11.6 Å². The number of benzene rings is 1. The van der Waals surface area contributed by atoms with Crippen molar-refractivity contribution in [3.8, 4) is 0 Å². The number of rotatable bonds is 5. The molecule has 0 amide bonds. The van der Waals surface area contributed by atoms with Crippen molar-refractivity contribution >= 4 is 23.2 Å². The summed E-state index contributed by atoms with van der Waals surface area (Å²) < 4.78 is 0. The molecule has 1 N–H and O–H groups in total. The van der Waals surface area contributed by atoms with Gasteiger partial charge >= 0.3 is 0 Å². The number of Topliss-reactive ketones (excluding diaryl/α,β-unsaturated/α-hetero) is 2. The number of carbonyl (C=O) groups is 2. The Labute approximate surface area is 131 Å². The highest BCUT2D eigenvalue weighted by atomic mass is 35.5. The maximum atomic E-state index is 13.0. The van der Waals surface area contributed by atoms with E-state index in [0.717, 1.165) is 38.8 Å². The van der Waals surface area contributed by atoms with E-state index in [4.69, 9.17) is 11.6 Å². The van der Waals surface area contributed by atoms with Crippen LogP contribution in [-0.4, -0.2) is 24.7 Å². The van der Waals surface area contributed by atoms with Crippen molar-refractivity contribution in [1.29, 1.82) is 0 Å². The molecule has 0 spiro atoms. The van der Waals surface area contributed by atoms with Gasteiger partial charge in [-0.05, 0) is 50.9 Å². The number of nitrogens with one attached hydrogen (secondary N) is 1. The Kier molecular flexibility index (Phi) is 5.17. The molecule has 1 aromatic rings. The van der Waals surface area contributed by atoms with Gasteiger partial charge in [-0.15, -0.1) is 0 Å². The second kappa shape index (κ2) is 6.71. The van der Waals surface area contributed by atoms with Crippen LogP contribution in [0.4, 0.5) is 0 Å². The van der Waals surface area contributed by atoms with E-state index < -0.39 is 0 Å². The summed E-state index contributed by atoms with van der Waals surface area (Å²) in [6.45, 7) is 5.27. The molecule has 1 unspecified atom stereocenters. The normalized spacial score (nSPS) is 22.0. The highest BCUT2D eigenvalue weighted by Gasteiger charge is 2.39. The van der Waals surface area contributed by atoms with Crippen molar-refractivity contribution < 1.29 is 9.59 Å².